The van der Waals surface area contributed by atoms with Crippen LogP contribution >= 0.6 is 0 Å². The van der Waals surface area contributed by atoms with Crippen molar-refractivity contribution >= 4 is 17.5 Å². The minimum atomic E-state index is -1.07. The SMILES string of the molecule is CC(N=C(Cc1ccccc1)C1=C(O)CC(C)(C)CC1=O)C(=O)O. The van der Waals surface area contributed by atoms with Gasteiger partial charge in [0.2, 0.25) is 0 Å². The van der Waals surface area contributed by atoms with Gasteiger partial charge >= 0.3 is 5.97 Å². The Morgan fingerprint density at radius 3 is 2.42 bits per heavy atom. The summed E-state index contributed by atoms with van der Waals surface area (Å²) >= 11 is 0. The molecule has 1 aromatic carbocycles. The molecule has 1 atom stereocenters. The summed E-state index contributed by atoms with van der Waals surface area (Å²) in [6.07, 6.45) is 0.995. The molecule has 0 aliphatic heterocycles. The summed E-state index contributed by atoms with van der Waals surface area (Å²) in [7, 11) is 0. The molecule has 5 heteroatoms. The summed E-state index contributed by atoms with van der Waals surface area (Å²) in [5, 5.41) is 19.5. The average molecular weight is 329 g/mol. The van der Waals surface area contributed by atoms with Gasteiger partial charge in [0.25, 0.3) is 0 Å². The molecular formula is C19H23NO4. The first-order chi connectivity index (χ1) is 11.2. The average Bonchev–Trinajstić information content (AvgIpc) is 2.45. The number of Topliss-reactive ketones (excluding diaryl/α,β-unsaturated/α-hetero) is 1. The summed E-state index contributed by atoms with van der Waals surface area (Å²) in [4.78, 5) is 27.9. The minimum absolute atomic E-state index is 0.00326. The van der Waals surface area contributed by atoms with Crippen molar-refractivity contribution < 1.29 is 19.8 Å². The van der Waals surface area contributed by atoms with Gasteiger partial charge in [-0.2, -0.15) is 0 Å². The zero-order chi connectivity index (χ0) is 17.9. The van der Waals surface area contributed by atoms with E-state index in [0.717, 1.165) is 5.56 Å². The van der Waals surface area contributed by atoms with Gasteiger partial charge in [0.05, 0.1) is 11.3 Å². The Morgan fingerprint density at radius 2 is 1.88 bits per heavy atom. The molecule has 0 bridgehead atoms. The predicted molar refractivity (Wildman–Crippen MR) is 92.4 cm³/mol. The normalized spacial score (nSPS) is 19.3. The van der Waals surface area contributed by atoms with E-state index in [1.54, 1.807) is 0 Å². The number of aliphatic hydroxyl groups is 1. The molecule has 0 aromatic heterocycles. The smallest absolute Gasteiger partial charge is 0.328 e. The molecule has 1 aliphatic rings. The van der Waals surface area contributed by atoms with E-state index in [9.17, 15) is 14.7 Å². The second kappa shape index (κ2) is 6.99. The van der Waals surface area contributed by atoms with Crippen LogP contribution in [0.4, 0.5) is 0 Å². The third-order valence-corrected chi connectivity index (χ3v) is 4.06. The van der Waals surface area contributed by atoms with Crippen molar-refractivity contribution in [2.75, 3.05) is 0 Å². The summed E-state index contributed by atoms with van der Waals surface area (Å²) in [6.45, 7) is 5.31. The molecule has 0 radical (unpaired) electrons. The van der Waals surface area contributed by atoms with Crippen LogP contribution in [0.25, 0.3) is 0 Å². The molecule has 5 nitrogen and oxygen atoms in total. The molecule has 1 aliphatic carbocycles. The number of ketones is 1. The van der Waals surface area contributed by atoms with Gasteiger partial charge in [0.15, 0.2) is 5.78 Å². The van der Waals surface area contributed by atoms with Crippen LogP contribution < -0.4 is 0 Å². The Kier molecular flexibility index (Phi) is 5.22. The quantitative estimate of drug-likeness (QED) is 0.811. The highest BCUT2D eigenvalue weighted by Gasteiger charge is 2.35. The fourth-order valence-electron chi connectivity index (χ4n) is 2.89. The number of hydrogen-bond acceptors (Lipinski definition) is 4. The second-order valence-corrected chi connectivity index (χ2v) is 7.02. The van der Waals surface area contributed by atoms with Crippen LogP contribution in [0, 0.1) is 5.41 Å². The van der Waals surface area contributed by atoms with Crippen molar-refractivity contribution in [3.8, 4) is 0 Å². The topological polar surface area (TPSA) is 87.0 Å². The van der Waals surface area contributed by atoms with E-state index in [1.165, 1.54) is 6.92 Å². The largest absolute Gasteiger partial charge is 0.511 e. The van der Waals surface area contributed by atoms with Crippen molar-refractivity contribution in [3.05, 3.63) is 47.2 Å². The van der Waals surface area contributed by atoms with Crippen LogP contribution in [0.2, 0.25) is 0 Å². The Morgan fingerprint density at radius 1 is 1.25 bits per heavy atom. The van der Waals surface area contributed by atoms with E-state index in [1.807, 2.05) is 44.2 Å². The maximum absolute atomic E-state index is 12.6. The molecule has 0 fully saturated rings. The lowest BCUT2D eigenvalue weighted by Crippen LogP contribution is -2.31. The third-order valence-electron chi connectivity index (χ3n) is 4.06. The van der Waals surface area contributed by atoms with Gasteiger partial charge in [0, 0.05) is 19.3 Å². The fraction of sp³-hybridized carbons (Fsp3) is 0.421. The molecule has 0 saturated heterocycles. The number of hydrogen-bond donors (Lipinski definition) is 2. The number of nitrogens with zero attached hydrogens (tertiary/aromatic N) is 1. The number of aliphatic imine (C=N–C) groups is 1. The molecule has 0 saturated carbocycles. The van der Waals surface area contributed by atoms with E-state index in [2.05, 4.69) is 4.99 Å². The Balaban J connectivity index is 2.46. The zero-order valence-electron chi connectivity index (χ0n) is 14.2. The van der Waals surface area contributed by atoms with Crippen LogP contribution in [0.3, 0.4) is 0 Å². The first-order valence-electron chi connectivity index (χ1n) is 7.99. The van der Waals surface area contributed by atoms with Crippen LogP contribution in [0.15, 0.2) is 46.7 Å². The van der Waals surface area contributed by atoms with Crippen molar-refractivity contribution in [2.24, 2.45) is 10.4 Å². The highest BCUT2D eigenvalue weighted by atomic mass is 16.4. The van der Waals surface area contributed by atoms with Crippen LogP contribution in [0.5, 0.6) is 0 Å². The number of aliphatic carboxylic acids is 1. The third kappa shape index (κ3) is 4.31. The number of aliphatic hydroxyl groups excluding tert-OH is 1. The molecule has 24 heavy (non-hydrogen) atoms. The van der Waals surface area contributed by atoms with E-state index >= 15 is 0 Å². The highest BCUT2D eigenvalue weighted by Crippen LogP contribution is 2.36. The summed E-state index contributed by atoms with van der Waals surface area (Å²) in [5.41, 5.74) is 1.13. The van der Waals surface area contributed by atoms with Crippen LogP contribution in [0.1, 0.15) is 39.2 Å². The van der Waals surface area contributed by atoms with Crippen LogP contribution in [-0.2, 0) is 16.0 Å². The van der Waals surface area contributed by atoms with Gasteiger partial charge in [-0.15, -0.1) is 0 Å². The van der Waals surface area contributed by atoms with Crippen molar-refractivity contribution in [3.63, 3.8) is 0 Å². The first kappa shape index (κ1) is 17.9. The Hall–Kier alpha value is -2.43. The molecule has 0 heterocycles. The first-order valence-corrected chi connectivity index (χ1v) is 7.99. The number of carboxylic acid groups (broad SMARTS) is 1. The number of allylic oxidation sites excluding steroid dienone is 2. The fourth-order valence-corrected chi connectivity index (χ4v) is 2.89. The van der Waals surface area contributed by atoms with Crippen molar-refractivity contribution in [2.45, 2.75) is 46.1 Å². The van der Waals surface area contributed by atoms with E-state index in [4.69, 9.17) is 5.11 Å². The van der Waals surface area contributed by atoms with Gasteiger partial charge in [-0.3, -0.25) is 9.79 Å². The maximum atomic E-state index is 12.6. The number of benzene rings is 1. The summed E-state index contributed by atoms with van der Waals surface area (Å²) in [5.74, 6) is -1.25. The predicted octanol–water partition coefficient (Wildman–Crippen LogP) is 3.34. The highest BCUT2D eigenvalue weighted by molar-refractivity contribution is 6.24. The molecule has 128 valence electrons. The van der Waals surface area contributed by atoms with Crippen molar-refractivity contribution in [1.29, 1.82) is 0 Å². The summed E-state index contributed by atoms with van der Waals surface area (Å²) in [6, 6.07) is 8.41. The number of carbonyl (C=O) groups is 2. The number of rotatable bonds is 5. The van der Waals surface area contributed by atoms with E-state index < -0.39 is 12.0 Å². The number of carboxylic acids is 1. The van der Waals surface area contributed by atoms with Gasteiger partial charge in [-0.1, -0.05) is 44.2 Å². The van der Waals surface area contributed by atoms with E-state index in [-0.39, 0.29) is 22.5 Å². The monoisotopic (exact) mass is 329 g/mol. The van der Waals surface area contributed by atoms with Gasteiger partial charge in [-0.25, -0.2) is 4.79 Å². The lowest BCUT2D eigenvalue weighted by Gasteiger charge is -2.30. The van der Waals surface area contributed by atoms with Crippen molar-refractivity contribution in [1.82, 2.24) is 0 Å². The lowest BCUT2D eigenvalue weighted by molar-refractivity contribution is -0.138. The molecule has 0 spiro atoms. The van der Waals surface area contributed by atoms with Crippen LogP contribution in [-0.4, -0.2) is 33.7 Å². The van der Waals surface area contributed by atoms with Gasteiger partial charge < -0.3 is 10.2 Å². The lowest BCUT2D eigenvalue weighted by atomic mass is 9.75. The molecule has 1 aromatic rings. The Labute approximate surface area is 141 Å². The number of carbonyl (C=O) groups excluding carboxylic acids is 1. The standard InChI is InChI=1S/C19H23NO4/c1-12(18(23)24)20-14(9-13-7-5-4-6-8-13)17-15(21)10-19(2,3)11-16(17)22/h4-8,12,21H,9-11H2,1-3H3,(H,23,24). The zero-order valence-corrected chi connectivity index (χ0v) is 14.2. The van der Waals surface area contributed by atoms with Gasteiger partial charge in [0.1, 0.15) is 11.8 Å². The molecule has 2 N–H and O–H groups in total. The molecule has 2 rings (SSSR count). The second-order valence-electron chi connectivity index (χ2n) is 7.02. The minimum Gasteiger partial charge on any atom is -0.511 e. The van der Waals surface area contributed by atoms with Gasteiger partial charge in [-0.05, 0) is 17.9 Å². The Bertz CT molecular complexity index is 701. The molecule has 1 unspecified atom stereocenters. The maximum Gasteiger partial charge on any atom is 0.328 e. The molecule has 0 amide bonds. The summed E-state index contributed by atoms with van der Waals surface area (Å²) < 4.78 is 0. The van der Waals surface area contributed by atoms with E-state index in [0.29, 0.717) is 25.0 Å². The molecular weight excluding hydrogens is 306 g/mol.